The van der Waals surface area contributed by atoms with Crippen LogP contribution < -0.4 is 0 Å². The van der Waals surface area contributed by atoms with Crippen LogP contribution in [0.3, 0.4) is 0 Å². The van der Waals surface area contributed by atoms with Crippen LogP contribution >= 0.6 is 0 Å². The summed E-state index contributed by atoms with van der Waals surface area (Å²) in [6, 6.07) is 0. The van der Waals surface area contributed by atoms with Crippen molar-refractivity contribution >= 4 is 6.29 Å². The van der Waals surface area contributed by atoms with Crippen molar-refractivity contribution in [2.45, 2.75) is 71.8 Å². The molecule has 3 unspecified atom stereocenters. The van der Waals surface area contributed by atoms with Crippen LogP contribution in [0.5, 0.6) is 0 Å². The molecule has 0 heterocycles. The molecular formula is C14H28O2. The number of aldehydes is 1. The number of unbranched alkanes of at least 4 members (excludes halogenated alkanes) is 2. The smallest absolute Gasteiger partial charge is 0.125 e. The average Bonchev–Trinajstić information content (AvgIpc) is 2.31. The van der Waals surface area contributed by atoms with Crippen molar-refractivity contribution in [3.05, 3.63) is 0 Å². The molecule has 0 aliphatic rings. The van der Waals surface area contributed by atoms with Gasteiger partial charge in [-0.15, -0.1) is 0 Å². The Kier molecular flexibility index (Phi) is 9.60. The van der Waals surface area contributed by atoms with E-state index < -0.39 is 6.10 Å². The van der Waals surface area contributed by atoms with Gasteiger partial charge in [0.2, 0.25) is 0 Å². The zero-order chi connectivity index (χ0) is 12.4. The second-order valence-corrected chi connectivity index (χ2v) is 4.95. The molecule has 1 N–H and O–H groups in total. The van der Waals surface area contributed by atoms with Gasteiger partial charge in [0.05, 0.1) is 6.10 Å². The van der Waals surface area contributed by atoms with Crippen LogP contribution in [0.1, 0.15) is 65.7 Å². The third-order valence-electron chi connectivity index (χ3n) is 3.46. The summed E-state index contributed by atoms with van der Waals surface area (Å²) in [5, 5.41) is 9.92. The molecule has 2 heteroatoms. The summed E-state index contributed by atoms with van der Waals surface area (Å²) in [5.41, 5.74) is 0. The molecule has 0 aromatic carbocycles. The van der Waals surface area contributed by atoms with Crippen LogP contribution in [-0.4, -0.2) is 17.5 Å². The van der Waals surface area contributed by atoms with Crippen molar-refractivity contribution in [1.29, 1.82) is 0 Å². The maximum atomic E-state index is 10.9. The van der Waals surface area contributed by atoms with Gasteiger partial charge in [0.15, 0.2) is 0 Å². The van der Waals surface area contributed by atoms with Crippen molar-refractivity contribution in [2.75, 3.05) is 0 Å². The van der Waals surface area contributed by atoms with Gasteiger partial charge in [-0.05, 0) is 25.2 Å². The molecule has 2 nitrogen and oxygen atoms in total. The minimum atomic E-state index is -0.427. The van der Waals surface area contributed by atoms with E-state index >= 15 is 0 Å². The number of rotatable bonds is 10. The molecular weight excluding hydrogens is 200 g/mol. The Balaban J connectivity index is 3.81. The normalized spacial score (nSPS) is 16.8. The molecule has 0 aliphatic heterocycles. The predicted octanol–water partition coefficient (Wildman–Crippen LogP) is 3.57. The minimum Gasteiger partial charge on any atom is -0.392 e. The van der Waals surface area contributed by atoms with Gasteiger partial charge >= 0.3 is 0 Å². The van der Waals surface area contributed by atoms with Crippen molar-refractivity contribution < 1.29 is 9.90 Å². The van der Waals surface area contributed by atoms with Crippen LogP contribution in [0.25, 0.3) is 0 Å². The van der Waals surface area contributed by atoms with E-state index in [0.717, 1.165) is 51.2 Å². The first kappa shape index (κ1) is 15.6. The SMILES string of the molecule is CCCCCC(C=O)C(O)CCC(C)CC. The van der Waals surface area contributed by atoms with Gasteiger partial charge in [0.1, 0.15) is 6.29 Å². The topological polar surface area (TPSA) is 37.3 Å². The lowest BCUT2D eigenvalue weighted by atomic mass is 9.91. The van der Waals surface area contributed by atoms with Crippen LogP contribution in [0, 0.1) is 11.8 Å². The Morgan fingerprint density at radius 3 is 2.31 bits per heavy atom. The molecule has 0 spiro atoms. The summed E-state index contributed by atoms with van der Waals surface area (Å²) >= 11 is 0. The highest BCUT2D eigenvalue weighted by Gasteiger charge is 2.18. The van der Waals surface area contributed by atoms with E-state index in [4.69, 9.17) is 0 Å². The third-order valence-corrected chi connectivity index (χ3v) is 3.46. The molecule has 0 radical (unpaired) electrons. The number of carbonyl (C=O) groups is 1. The maximum Gasteiger partial charge on any atom is 0.125 e. The Labute approximate surface area is 100 Å². The zero-order valence-corrected chi connectivity index (χ0v) is 11.1. The highest BCUT2D eigenvalue weighted by molar-refractivity contribution is 5.54. The highest BCUT2D eigenvalue weighted by atomic mass is 16.3. The Bertz CT molecular complexity index is 168. The second kappa shape index (κ2) is 9.83. The van der Waals surface area contributed by atoms with Gasteiger partial charge in [0.25, 0.3) is 0 Å². The minimum absolute atomic E-state index is 0.143. The first-order valence-corrected chi connectivity index (χ1v) is 6.79. The lowest BCUT2D eigenvalue weighted by Gasteiger charge is -2.19. The standard InChI is InChI=1S/C14H28O2/c1-4-6-7-8-13(11-15)14(16)10-9-12(3)5-2/h11-14,16H,4-10H2,1-3H3. The van der Waals surface area contributed by atoms with E-state index in [2.05, 4.69) is 20.8 Å². The molecule has 0 amide bonds. The van der Waals surface area contributed by atoms with E-state index in [9.17, 15) is 9.90 Å². The molecule has 0 aromatic rings. The Hall–Kier alpha value is -0.370. The molecule has 0 rings (SSSR count). The van der Waals surface area contributed by atoms with Gasteiger partial charge < -0.3 is 9.90 Å². The monoisotopic (exact) mass is 228 g/mol. The van der Waals surface area contributed by atoms with Crippen molar-refractivity contribution in [1.82, 2.24) is 0 Å². The summed E-state index contributed by atoms with van der Waals surface area (Å²) in [6.07, 6.45) is 7.67. The quantitative estimate of drug-likeness (QED) is 0.458. The van der Waals surface area contributed by atoms with Crippen molar-refractivity contribution in [3.8, 4) is 0 Å². The summed E-state index contributed by atoms with van der Waals surface area (Å²) < 4.78 is 0. The molecule has 0 saturated heterocycles. The Morgan fingerprint density at radius 2 is 1.81 bits per heavy atom. The predicted molar refractivity (Wildman–Crippen MR) is 68.4 cm³/mol. The summed E-state index contributed by atoms with van der Waals surface area (Å²) in [6.45, 7) is 6.50. The van der Waals surface area contributed by atoms with Gasteiger partial charge in [0, 0.05) is 5.92 Å². The van der Waals surface area contributed by atoms with Crippen LogP contribution in [0.4, 0.5) is 0 Å². The van der Waals surface area contributed by atoms with Crippen molar-refractivity contribution in [2.24, 2.45) is 11.8 Å². The number of hydrogen-bond acceptors (Lipinski definition) is 2. The lowest BCUT2D eigenvalue weighted by molar-refractivity contribution is -0.114. The van der Waals surface area contributed by atoms with E-state index in [-0.39, 0.29) is 5.92 Å². The van der Waals surface area contributed by atoms with Crippen LogP contribution in [0.15, 0.2) is 0 Å². The first-order valence-electron chi connectivity index (χ1n) is 6.79. The lowest BCUT2D eigenvalue weighted by Crippen LogP contribution is -2.22. The van der Waals surface area contributed by atoms with E-state index in [1.54, 1.807) is 0 Å². The molecule has 16 heavy (non-hydrogen) atoms. The number of hydrogen-bond donors (Lipinski definition) is 1. The van der Waals surface area contributed by atoms with Crippen LogP contribution in [-0.2, 0) is 4.79 Å². The first-order chi connectivity index (χ1) is 7.65. The van der Waals surface area contributed by atoms with E-state index in [1.807, 2.05) is 0 Å². The van der Waals surface area contributed by atoms with Gasteiger partial charge in [-0.25, -0.2) is 0 Å². The summed E-state index contributed by atoms with van der Waals surface area (Å²) in [4.78, 5) is 10.9. The molecule has 0 fully saturated rings. The van der Waals surface area contributed by atoms with Crippen molar-refractivity contribution in [3.63, 3.8) is 0 Å². The summed E-state index contributed by atoms with van der Waals surface area (Å²) in [5.74, 6) is 0.508. The fourth-order valence-electron chi connectivity index (χ4n) is 1.85. The summed E-state index contributed by atoms with van der Waals surface area (Å²) in [7, 11) is 0. The van der Waals surface area contributed by atoms with E-state index in [1.165, 1.54) is 0 Å². The number of carbonyl (C=O) groups excluding carboxylic acids is 1. The molecule has 0 saturated carbocycles. The number of aliphatic hydroxyl groups excluding tert-OH is 1. The van der Waals surface area contributed by atoms with Gasteiger partial charge in [-0.2, -0.15) is 0 Å². The number of aliphatic hydroxyl groups is 1. The largest absolute Gasteiger partial charge is 0.392 e. The second-order valence-electron chi connectivity index (χ2n) is 4.95. The molecule has 0 aliphatic carbocycles. The van der Waals surface area contributed by atoms with E-state index in [0.29, 0.717) is 5.92 Å². The maximum absolute atomic E-state index is 10.9. The molecule has 0 aromatic heterocycles. The van der Waals surface area contributed by atoms with Gasteiger partial charge in [-0.1, -0.05) is 46.5 Å². The fourth-order valence-corrected chi connectivity index (χ4v) is 1.85. The molecule has 96 valence electrons. The average molecular weight is 228 g/mol. The third kappa shape index (κ3) is 7.00. The Morgan fingerprint density at radius 1 is 1.12 bits per heavy atom. The van der Waals surface area contributed by atoms with Gasteiger partial charge in [-0.3, -0.25) is 0 Å². The zero-order valence-electron chi connectivity index (χ0n) is 11.1. The van der Waals surface area contributed by atoms with Crippen LogP contribution in [0.2, 0.25) is 0 Å². The highest BCUT2D eigenvalue weighted by Crippen LogP contribution is 2.19. The molecule has 0 bridgehead atoms. The fraction of sp³-hybridized carbons (Fsp3) is 0.929. The molecule has 3 atom stereocenters.